The second-order valence-electron chi connectivity index (χ2n) is 8.13. The van der Waals surface area contributed by atoms with Crippen LogP contribution in [0.25, 0.3) is 11.3 Å². The molecular weight excluding hydrogens is 414 g/mol. The van der Waals surface area contributed by atoms with Crippen LogP contribution >= 0.6 is 23.8 Å². The van der Waals surface area contributed by atoms with E-state index in [4.69, 9.17) is 28.2 Å². The molecule has 3 aromatic rings. The summed E-state index contributed by atoms with van der Waals surface area (Å²) in [5.74, 6) is 1.73. The number of aryl methyl sites for hydroxylation is 1. The molecule has 2 fully saturated rings. The summed E-state index contributed by atoms with van der Waals surface area (Å²) in [5, 5.41) is 5.02. The van der Waals surface area contributed by atoms with Crippen LogP contribution in [0.15, 0.2) is 59.1 Å². The van der Waals surface area contributed by atoms with Crippen molar-refractivity contribution < 1.29 is 4.42 Å². The predicted molar refractivity (Wildman–Crippen MR) is 123 cm³/mol. The molecule has 1 N–H and O–H groups in total. The first-order valence-electron chi connectivity index (χ1n) is 10.5. The van der Waals surface area contributed by atoms with Crippen molar-refractivity contribution in [2.45, 2.75) is 50.7 Å². The second-order valence-corrected chi connectivity index (χ2v) is 8.96. The van der Waals surface area contributed by atoms with Crippen LogP contribution in [0, 0.1) is 6.92 Å². The van der Waals surface area contributed by atoms with E-state index in [1.165, 1.54) is 12.8 Å². The second kappa shape index (κ2) is 8.05. The number of halogens is 1. The van der Waals surface area contributed by atoms with Gasteiger partial charge in [0.2, 0.25) is 0 Å². The number of hydrogen-bond donors (Lipinski definition) is 1. The van der Waals surface area contributed by atoms with Crippen molar-refractivity contribution in [1.29, 1.82) is 0 Å². The third kappa shape index (κ3) is 3.50. The highest BCUT2D eigenvalue weighted by molar-refractivity contribution is 7.80. The lowest BCUT2D eigenvalue weighted by atomic mass is 10.0. The van der Waals surface area contributed by atoms with Crippen molar-refractivity contribution in [3.63, 3.8) is 0 Å². The molecule has 30 heavy (non-hydrogen) atoms. The molecule has 0 amide bonds. The highest BCUT2D eigenvalue weighted by Crippen LogP contribution is 2.44. The maximum atomic E-state index is 6.45. The number of aromatic nitrogens is 1. The Hall–Kier alpha value is -2.37. The van der Waals surface area contributed by atoms with Gasteiger partial charge in [-0.1, -0.05) is 36.6 Å². The van der Waals surface area contributed by atoms with Gasteiger partial charge < -0.3 is 14.6 Å². The number of nitrogens with zero attached hydrogens (tertiary/aromatic N) is 2. The van der Waals surface area contributed by atoms with Crippen LogP contribution in [-0.4, -0.2) is 21.0 Å². The van der Waals surface area contributed by atoms with E-state index in [-0.39, 0.29) is 12.1 Å². The van der Waals surface area contributed by atoms with Crippen molar-refractivity contribution in [2.24, 2.45) is 0 Å². The van der Waals surface area contributed by atoms with Gasteiger partial charge in [-0.2, -0.15) is 0 Å². The molecule has 0 radical (unpaired) electrons. The Bertz CT molecular complexity index is 1060. The molecule has 4 nitrogen and oxygen atoms in total. The highest BCUT2D eigenvalue weighted by atomic mass is 35.5. The molecule has 0 spiro atoms. The molecule has 1 aromatic carbocycles. The van der Waals surface area contributed by atoms with Crippen molar-refractivity contribution >= 4 is 28.9 Å². The van der Waals surface area contributed by atoms with E-state index in [0.717, 1.165) is 46.3 Å². The zero-order valence-electron chi connectivity index (χ0n) is 16.8. The molecule has 1 aliphatic heterocycles. The summed E-state index contributed by atoms with van der Waals surface area (Å²) >= 11 is 12.0. The number of pyridine rings is 1. The van der Waals surface area contributed by atoms with Gasteiger partial charge in [-0.05, 0) is 73.9 Å². The fourth-order valence-corrected chi connectivity index (χ4v) is 5.32. The van der Waals surface area contributed by atoms with Gasteiger partial charge in [-0.15, -0.1) is 0 Å². The smallest absolute Gasteiger partial charge is 0.170 e. The standard InChI is InChI=1S/C24H24ClN3OS/c1-15-9-10-16(25)14-18(15)20-11-12-21(29-20)23-22(19-8-4-5-13-26-19)27-24(30)28(23)17-6-2-3-7-17/h4-5,8-14,17,22-23H,2-3,6-7H2,1H3,(H,27,30)/t22-,23+/m1/s1. The lowest BCUT2D eigenvalue weighted by Gasteiger charge is -2.31. The summed E-state index contributed by atoms with van der Waals surface area (Å²) in [7, 11) is 0. The summed E-state index contributed by atoms with van der Waals surface area (Å²) in [5.41, 5.74) is 3.13. The minimum Gasteiger partial charge on any atom is -0.459 e. The van der Waals surface area contributed by atoms with Crippen LogP contribution < -0.4 is 5.32 Å². The molecule has 3 heterocycles. The summed E-state index contributed by atoms with van der Waals surface area (Å²) in [6.07, 6.45) is 6.65. The number of rotatable bonds is 4. The fraction of sp³-hybridized carbons (Fsp3) is 0.333. The van der Waals surface area contributed by atoms with E-state index >= 15 is 0 Å². The monoisotopic (exact) mass is 437 g/mol. The Kier molecular flexibility index (Phi) is 5.25. The molecule has 2 aromatic heterocycles. The van der Waals surface area contributed by atoms with Gasteiger partial charge in [-0.25, -0.2) is 0 Å². The third-order valence-corrected chi connectivity index (χ3v) is 6.80. The van der Waals surface area contributed by atoms with Gasteiger partial charge in [-0.3, -0.25) is 4.98 Å². The van der Waals surface area contributed by atoms with Crippen LogP contribution in [0.5, 0.6) is 0 Å². The quantitative estimate of drug-likeness (QED) is 0.491. The topological polar surface area (TPSA) is 41.3 Å². The van der Waals surface area contributed by atoms with E-state index < -0.39 is 0 Å². The number of benzene rings is 1. The molecule has 1 saturated heterocycles. The van der Waals surface area contributed by atoms with Crippen molar-refractivity contribution in [3.05, 3.63) is 76.8 Å². The van der Waals surface area contributed by atoms with Gasteiger partial charge >= 0.3 is 0 Å². The summed E-state index contributed by atoms with van der Waals surface area (Å²) < 4.78 is 6.45. The molecule has 2 aliphatic rings. The zero-order valence-corrected chi connectivity index (χ0v) is 18.4. The Labute approximate surface area is 187 Å². The highest BCUT2D eigenvalue weighted by Gasteiger charge is 2.45. The maximum absolute atomic E-state index is 6.45. The first-order chi connectivity index (χ1) is 14.6. The zero-order chi connectivity index (χ0) is 20.7. The number of nitrogens with one attached hydrogen (secondary N) is 1. The molecule has 1 aliphatic carbocycles. The van der Waals surface area contributed by atoms with E-state index in [0.29, 0.717) is 11.1 Å². The molecule has 154 valence electrons. The van der Waals surface area contributed by atoms with Gasteiger partial charge in [0.25, 0.3) is 0 Å². The SMILES string of the molecule is Cc1ccc(Cl)cc1-c1ccc([C@H]2[C@@H](c3ccccn3)NC(=S)N2C2CCCC2)o1. The normalized spacial score (nSPS) is 21.9. The lowest BCUT2D eigenvalue weighted by molar-refractivity contribution is 0.218. The Morgan fingerprint density at radius 2 is 1.97 bits per heavy atom. The van der Waals surface area contributed by atoms with Crippen LogP contribution in [0.4, 0.5) is 0 Å². The first-order valence-corrected chi connectivity index (χ1v) is 11.3. The predicted octanol–water partition coefficient (Wildman–Crippen LogP) is 6.22. The Morgan fingerprint density at radius 1 is 1.13 bits per heavy atom. The molecule has 2 atom stereocenters. The number of furan rings is 1. The average molecular weight is 438 g/mol. The molecule has 0 unspecified atom stereocenters. The van der Waals surface area contributed by atoms with E-state index in [1.807, 2.05) is 42.6 Å². The minimum absolute atomic E-state index is 0.0243. The lowest BCUT2D eigenvalue weighted by Crippen LogP contribution is -2.37. The maximum Gasteiger partial charge on any atom is 0.170 e. The fourth-order valence-electron chi connectivity index (χ4n) is 4.76. The van der Waals surface area contributed by atoms with Crippen LogP contribution in [0.3, 0.4) is 0 Å². The summed E-state index contributed by atoms with van der Waals surface area (Å²) in [6.45, 7) is 2.07. The largest absolute Gasteiger partial charge is 0.459 e. The van der Waals surface area contributed by atoms with Crippen LogP contribution in [0.1, 0.15) is 54.8 Å². The molecule has 5 rings (SSSR count). The Morgan fingerprint density at radius 3 is 2.73 bits per heavy atom. The van der Waals surface area contributed by atoms with Gasteiger partial charge in [0.1, 0.15) is 17.6 Å². The summed E-state index contributed by atoms with van der Waals surface area (Å²) in [4.78, 5) is 6.97. The molecule has 0 bridgehead atoms. The Balaban J connectivity index is 1.56. The third-order valence-electron chi connectivity index (χ3n) is 6.24. The van der Waals surface area contributed by atoms with E-state index in [9.17, 15) is 0 Å². The van der Waals surface area contributed by atoms with Gasteiger partial charge in [0.05, 0.1) is 11.7 Å². The van der Waals surface area contributed by atoms with E-state index in [1.54, 1.807) is 0 Å². The first kappa shape index (κ1) is 19.6. The van der Waals surface area contributed by atoms with Gasteiger partial charge in [0, 0.05) is 22.8 Å². The van der Waals surface area contributed by atoms with E-state index in [2.05, 4.69) is 34.3 Å². The number of thiocarbonyl (C=S) groups is 1. The average Bonchev–Trinajstić information content (AvgIpc) is 3.49. The molecular formula is C24H24ClN3OS. The van der Waals surface area contributed by atoms with Crippen molar-refractivity contribution in [3.8, 4) is 11.3 Å². The minimum atomic E-state index is -0.0428. The van der Waals surface area contributed by atoms with Crippen LogP contribution in [0.2, 0.25) is 5.02 Å². The van der Waals surface area contributed by atoms with Crippen molar-refractivity contribution in [2.75, 3.05) is 0 Å². The van der Waals surface area contributed by atoms with Gasteiger partial charge in [0.15, 0.2) is 5.11 Å². The molecule has 1 saturated carbocycles. The molecule has 6 heteroatoms. The summed E-state index contributed by atoms with van der Waals surface area (Å²) in [6, 6.07) is 16.4. The van der Waals surface area contributed by atoms with Crippen LogP contribution in [-0.2, 0) is 0 Å². The number of hydrogen-bond acceptors (Lipinski definition) is 3. The van der Waals surface area contributed by atoms with Crippen molar-refractivity contribution in [1.82, 2.24) is 15.2 Å².